The zero-order valence-corrected chi connectivity index (χ0v) is 11.2. The highest BCUT2D eigenvalue weighted by Crippen LogP contribution is 2.33. The molecule has 0 atom stereocenters. The fraction of sp³-hybridized carbons (Fsp3) is 0.231. The predicted molar refractivity (Wildman–Crippen MR) is 73.9 cm³/mol. The van der Waals surface area contributed by atoms with Crippen LogP contribution in [0, 0.1) is 15.9 Å². The van der Waals surface area contributed by atoms with Crippen LogP contribution in [0.25, 0.3) is 0 Å². The summed E-state index contributed by atoms with van der Waals surface area (Å²) < 4.78 is 18.9. The highest BCUT2D eigenvalue weighted by Gasteiger charge is 2.20. The van der Waals surface area contributed by atoms with Gasteiger partial charge in [0, 0.05) is 18.7 Å². The van der Waals surface area contributed by atoms with Crippen molar-refractivity contribution >= 4 is 11.5 Å². The highest BCUT2D eigenvalue weighted by molar-refractivity contribution is 5.49. The molecular weight excluding hydrogens is 279 g/mol. The van der Waals surface area contributed by atoms with Crippen molar-refractivity contribution in [1.29, 1.82) is 0 Å². The van der Waals surface area contributed by atoms with E-state index < -0.39 is 22.2 Å². The van der Waals surface area contributed by atoms with E-state index in [9.17, 15) is 14.5 Å². The average Bonchev–Trinajstić information content (AvgIpc) is 2.47. The monoisotopic (exact) mass is 292 g/mol. The first-order valence-corrected chi connectivity index (χ1v) is 6.28. The molecule has 0 aliphatic rings. The number of benzene rings is 1. The molecule has 2 rings (SSSR count). The number of nitro groups is 1. The first-order valence-electron chi connectivity index (χ1n) is 6.28. The van der Waals surface area contributed by atoms with E-state index in [1.807, 2.05) is 6.92 Å². The Bertz CT molecular complexity index is 651. The van der Waals surface area contributed by atoms with Crippen molar-refractivity contribution in [2.45, 2.75) is 13.3 Å². The van der Waals surface area contributed by atoms with E-state index >= 15 is 0 Å². The molecule has 0 radical (unpaired) electrons. The number of ether oxygens (including phenoxy) is 1. The summed E-state index contributed by atoms with van der Waals surface area (Å²) in [5.41, 5.74) is -0.461. The number of hydrogen-bond donors (Lipinski definition) is 1. The third-order valence-corrected chi connectivity index (χ3v) is 2.55. The summed E-state index contributed by atoms with van der Waals surface area (Å²) in [5.74, 6) is -0.772. The summed E-state index contributed by atoms with van der Waals surface area (Å²) in [7, 11) is 0. The second-order valence-electron chi connectivity index (χ2n) is 4.12. The first-order chi connectivity index (χ1) is 10.1. The van der Waals surface area contributed by atoms with Crippen molar-refractivity contribution in [3.8, 4) is 11.6 Å². The fourth-order valence-electron chi connectivity index (χ4n) is 1.59. The van der Waals surface area contributed by atoms with E-state index in [1.54, 1.807) is 0 Å². The van der Waals surface area contributed by atoms with Gasteiger partial charge in [0.1, 0.15) is 12.1 Å². The quantitative estimate of drug-likeness (QED) is 0.649. The maximum Gasteiger partial charge on any atom is 0.314 e. The van der Waals surface area contributed by atoms with Gasteiger partial charge in [-0.3, -0.25) is 10.1 Å². The number of nitrogens with one attached hydrogen (secondary N) is 1. The molecule has 1 N–H and O–H groups in total. The summed E-state index contributed by atoms with van der Waals surface area (Å²) in [6.45, 7) is 2.70. The maximum absolute atomic E-state index is 13.7. The molecule has 21 heavy (non-hydrogen) atoms. The summed E-state index contributed by atoms with van der Waals surface area (Å²) in [6.07, 6.45) is 2.14. The van der Waals surface area contributed by atoms with Gasteiger partial charge in [-0.15, -0.1) is 0 Å². The van der Waals surface area contributed by atoms with Crippen LogP contribution in [0.2, 0.25) is 0 Å². The lowest BCUT2D eigenvalue weighted by Gasteiger charge is -2.08. The molecule has 8 heteroatoms. The van der Waals surface area contributed by atoms with Crippen molar-refractivity contribution in [1.82, 2.24) is 9.97 Å². The zero-order chi connectivity index (χ0) is 15.2. The van der Waals surface area contributed by atoms with Gasteiger partial charge in [-0.05, 0) is 12.5 Å². The van der Waals surface area contributed by atoms with Gasteiger partial charge < -0.3 is 10.1 Å². The Labute approximate surface area is 120 Å². The number of aromatic nitrogens is 2. The minimum Gasteiger partial charge on any atom is -0.428 e. The number of halogens is 1. The molecule has 0 amide bonds. The smallest absolute Gasteiger partial charge is 0.314 e. The second-order valence-corrected chi connectivity index (χ2v) is 4.12. The van der Waals surface area contributed by atoms with E-state index in [0.717, 1.165) is 18.6 Å². The Morgan fingerprint density at radius 1 is 1.43 bits per heavy atom. The first kappa shape index (κ1) is 14.6. The number of rotatable bonds is 6. The van der Waals surface area contributed by atoms with Crippen LogP contribution in [0.15, 0.2) is 30.6 Å². The number of hydrogen-bond acceptors (Lipinski definition) is 6. The van der Waals surface area contributed by atoms with E-state index in [0.29, 0.717) is 12.4 Å². The third kappa shape index (κ3) is 3.62. The number of anilines is 1. The standard InChI is InChI=1S/C13H13FN4O3/c1-2-6-15-11-7-12(17-8-16-11)21-13-9(14)4-3-5-10(13)18(19)20/h3-5,7-8H,2,6H2,1H3,(H,15,16,17). The predicted octanol–water partition coefficient (Wildman–Crippen LogP) is 3.14. The third-order valence-electron chi connectivity index (χ3n) is 2.55. The summed E-state index contributed by atoms with van der Waals surface area (Å²) in [5, 5.41) is 13.9. The van der Waals surface area contributed by atoms with E-state index in [-0.39, 0.29) is 5.88 Å². The van der Waals surface area contributed by atoms with Crippen molar-refractivity contribution in [2.24, 2.45) is 0 Å². The molecule has 0 fully saturated rings. The van der Waals surface area contributed by atoms with E-state index in [2.05, 4.69) is 15.3 Å². The van der Waals surface area contributed by atoms with Crippen LogP contribution >= 0.6 is 0 Å². The van der Waals surface area contributed by atoms with Gasteiger partial charge in [-0.2, -0.15) is 0 Å². The van der Waals surface area contributed by atoms with Crippen molar-refractivity contribution in [2.75, 3.05) is 11.9 Å². The van der Waals surface area contributed by atoms with Crippen LogP contribution < -0.4 is 10.1 Å². The lowest BCUT2D eigenvalue weighted by molar-refractivity contribution is -0.385. The molecular formula is C13H13FN4O3. The number of para-hydroxylation sites is 1. The van der Waals surface area contributed by atoms with Gasteiger partial charge in [-0.25, -0.2) is 14.4 Å². The summed E-state index contributed by atoms with van der Waals surface area (Å²) in [6, 6.07) is 4.94. The molecule has 0 saturated carbocycles. The molecule has 110 valence electrons. The van der Waals surface area contributed by atoms with Gasteiger partial charge in [-0.1, -0.05) is 13.0 Å². The van der Waals surface area contributed by atoms with Crippen molar-refractivity contribution in [3.63, 3.8) is 0 Å². The minimum absolute atomic E-state index is 0.0248. The molecule has 2 aromatic rings. The van der Waals surface area contributed by atoms with Gasteiger partial charge in [0.25, 0.3) is 0 Å². The maximum atomic E-state index is 13.7. The fourth-order valence-corrected chi connectivity index (χ4v) is 1.59. The summed E-state index contributed by atoms with van der Waals surface area (Å²) in [4.78, 5) is 18.0. The van der Waals surface area contributed by atoms with Crippen LogP contribution in [-0.2, 0) is 0 Å². The van der Waals surface area contributed by atoms with Crippen molar-refractivity contribution < 1.29 is 14.1 Å². The van der Waals surface area contributed by atoms with Crippen LogP contribution in [0.5, 0.6) is 11.6 Å². The zero-order valence-electron chi connectivity index (χ0n) is 11.2. The van der Waals surface area contributed by atoms with Crippen LogP contribution in [0.3, 0.4) is 0 Å². The Balaban J connectivity index is 2.28. The Kier molecular flexibility index (Phi) is 4.60. The van der Waals surface area contributed by atoms with Crippen LogP contribution in [0.4, 0.5) is 15.9 Å². The Morgan fingerprint density at radius 3 is 2.95 bits per heavy atom. The highest BCUT2D eigenvalue weighted by atomic mass is 19.1. The number of nitro benzene ring substituents is 1. The van der Waals surface area contributed by atoms with Gasteiger partial charge in [0.2, 0.25) is 11.6 Å². The average molecular weight is 292 g/mol. The molecule has 0 aliphatic heterocycles. The molecule has 7 nitrogen and oxygen atoms in total. The van der Waals surface area contributed by atoms with Gasteiger partial charge >= 0.3 is 5.69 Å². The Hall–Kier alpha value is -2.77. The SMILES string of the molecule is CCCNc1cc(Oc2c(F)cccc2[N+](=O)[O-])ncn1. The normalized spacial score (nSPS) is 10.2. The largest absolute Gasteiger partial charge is 0.428 e. The topological polar surface area (TPSA) is 90.2 Å². The van der Waals surface area contributed by atoms with Gasteiger partial charge in [0.05, 0.1) is 4.92 Å². The minimum atomic E-state index is -0.828. The lowest BCUT2D eigenvalue weighted by atomic mass is 10.3. The van der Waals surface area contributed by atoms with E-state index in [4.69, 9.17) is 4.74 Å². The molecule has 0 unspecified atom stereocenters. The molecule has 0 bridgehead atoms. The molecule has 0 saturated heterocycles. The lowest BCUT2D eigenvalue weighted by Crippen LogP contribution is -2.03. The summed E-state index contributed by atoms with van der Waals surface area (Å²) >= 11 is 0. The molecule has 0 spiro atoms. The number of nitrogens with zero attached hydrogens (tertiary/aromatic N) is 3. The van der Waals surface area contributed by atoms with Gasteiger partial charge in [0.15, 0.2) is 5.82 Å². The molecule has 0 aliphatic carbocycles. The second kappa shape index (κ2) is 6.60. The molecule has 1 heterocycles. The van der Waals surface area contributed by atoms with Crippen molar-refractivity contribution in [3.05, 3.63) is 46.5 Å². The molecule has 1 aromatic carbocycles. The van der Waals surface area contributed by atoms with Crippen LogP contribution in [-0.4, -0.2) is 21.4 Å². The molecule has 1 aromatic heterocycles. The van der Waals surface area contributed by atoms with E-state index in [1.165, 1.54) is 18.5 Å². The van der Waals surface area contributed by atoms with Crippen LogP contribution in [0.1, 0.15) is 13.3 Å². The Morgan fingerprint density at radius 2 is 2.24 bits per heavy atom.